The van der Waals surface area contributed by atoms with Gasteiger partial charge in [0.05, 0.1) is 6.61 Å². The first kappa shape index (κ1) is 23.7. The number of hydrogen-bond donors (Lipinski definition) is 1. The smallest absolute Gasteiger partial charge is 0.303 e. The van der Waals surface area contributed by atoms with E-state index in [9.17, 15) is 14.7 Å². The standard InChI is InChI=1S/C24H38O5/c1-16(2)24(29-19(5)27)12-11-23(6)10-9-20(15-25)14-21(28-18(4)26)13-17(3)7-8-22(23)24/h9,13,16,21-22,25H,7-8,10-12,14-15H2,1-6H3/b17-13+,20-9-/t21-,22+,23-,24+/m0/s1. The van der Waals surface area contributed by atoms with Crippen LogP contribution in [0, 0.1) is 17.3 Å². The number of aliphatic hydroxyl groups is 1. The summed E-state index contributed by atoms with van der Waals surface area (Å²) in [6.07, 6.45) is 8.71. The minimum absolute atomic E-state index is 0.0122. The molecule has 0 bridgehead atoms. The van der Waals surface area contributed by atoms with Gasteiger partial charge in [-0.25, -0.2) is 0 Å². The van der Waals surface area contributed by atoms with Crippen molar-refractivity contribution in [1.82, 2.24) is 0 Å². The quantitative estimate of drug-likeness (QED) is 0.540. The maximum atomic E-state index is 12.0. The molecule has 0 spiro atoms. The van der Waals surface area contributed by atoms with Crippen LogP contribution in [0.2, 0.25) is 0 Å². The molecular formula is C24H38O5. The Labute approximate surface area is 175 Å². The van der Waals surface area contributed by atoms with Crippen molar-refractivity contribution in [2.75, 3.05) is 6.61 Å². The number of rotatable bonds is 4. The number of fused-ring (bicyclic) bond motifs is 1. The molecule has 1 N–H and O–H groups in total. The van der Waals surface area contributed by atoms with Gasteiger partial charge in [-0.05, 0) is 62.0 Å². The van der Waals surface area contributed by atoms with Gasteiger partial charge in [-0.15, -0.1) is 0 Å². The molecule has 0 aromatic rings. The number of allylic oxidation sites excluding steroid dienone is 2. The van der Waals surface area contributed by atoms with Gasteiger partial charge in [-0.1, -0.05) is 32.4 Å². The van der Waals surface area contributed by atoms with Gasteiger partial charge in [0.1, 0.15) is 11.7 Å². The molecule has 4 atom stereocenters. The van der Waals surface area contributed by atoms with E-state index in [0.29, 0.717) is 6.42 Å². The van der Waals surface area contributed by atoms with E-state index in [0.717, 1.165) is 43.3 Å². The predicted molar refractivity (Wildman–Crippen MR) is 113 cm³/mol. The first-order valence-corrected chi connectivity index (χ1v) is 10.9. The number of carbonyl (C=O) groups excluding carboxylic acids is 2. The lowest BCUT2D eigenvalue weighted by Gasteiger charge is -2.43. The van der Waals surface area contributed by atoms with Gasteiger partial charge in [-0.2, -0.15) is 0 Å². The van der Waals surface area contributed by atoms with Crippen LogP contribution in [-0.4, -0.2) is 35.4 Å². The van der Waals surface area contributed by atoms with Gasteiger partial charge < -0.3 is 14.6 Å². The third kappa shape index (κ3) is 5.50. The Balaban J connectivity index is 2.45. The van der Waals surface area contributed by atoms with Crippen molar-refractivity contribution in [1.29, 1.82) is 0 Å². The summed E-state index contributed by atoms with van der Waals surface area (Å²) < 4.78 is 11.5. The fourth-order valence-electron chi connectivity index (χ4n) is 5.42. The summed E-state index contributed by atoms with van der Waals surface area (Å²) in [4.78, 5) is 23.5. The van der Waals surface area contributed by atoms with Gasteiger partial charge in [0.15, 0.2) is 0 Å². The van der Waals surface area contributed by atoms with E-state index < -0.39 is 5.60 Å². The van der Waals surface area contributed by atoms with Crippen molar-refractivity contribution in [3.8, 4) is 0 Å². The molecule has 164 valence electrons. The van der Waals surface area contributed by atoms with Crippen LogP contribution in [-0.2, 0) is 19.1 Å². The highest BCUT2D eigenvalue weighted by atomic mass is 16.6. The predicted octanol–water partition coefficient (Wildman–Crippen LogP) is 4.73. The van der Waals surface area contributed by atoms with Crippen LogP contribution in [0.25, 0.3) is 0 Å². The molecule has 2 aliphatic rings. The fourth-order valence-corrected chi connectivity index (χ4v) is 5.42. The molecular weight excluding hydrogens is 368 g/mol. The number of esters is 2. The molecule has 2 rings (SSSR count). The zero-order valence-electron chi connectivity index (χ0n) is 18.9. The van der Waals surface area contributed by atoms with Crippen LogP contribution in [0.1, 0.15) is 80.1 Å². The first-order valence-electron chi connectivity index (χ1n) is 10.9. The van der Waals surface area contributed by atoms with Crippen LogP contribution >= 0.6 is 0 Å². The van der Waals surface area contributed by atoms with Gasteiger partial charge in [0.25, 0.3) is 0 Å². The van der Waals surface area contributed by atoms with Crippen molar-refractivity contribution in [3.05, 3.63) is 23.3 Å². The lowest BCUT2D eigenvalue weighted by atomic mass is 9.67. The van der Waals surface area contributed by atoms with Crippen LogP contribution in [0.5, 0.6) is 0 Å². The second-order valence-corrected chi connectivity index (χ2v) is 9.54. The molecule has 5 heteroatoms. The minimum atomic E-state index is -0.461. The summed E-state index contributed by atoms with van der Waals surface area (Å²) in [7, 11) is 0. The van der Waals surface area contributed by atoms with Crippen molar-refractivity contribution < 1.29 is 24.2 Å². The summed E-state index contributed by atoms with van der Waals surface area (Å²) in [5.74, 6) is -0.0822. The lowest BCUT2D eigenvalue weighted by molar-refractivity contribution is -0.171. The maximum absolute atomic E-state index is 12.0. The Bertz CT molecular complexity index is 677. The SMILES string of the molecule is CC(=O)O[C@H]1/C=C(\C)CC[C@@H]2[C@@](C)(C/C=C(\CO)C1)CC[C@@]2(OC(C)=O)C(C)C. The molecule has 0 radical (unpaired) electrons. The van der Waals surface area contributed by atoms with Gasteiger partial charge >= 0.3 is 11.9 Å². The van der Waals surface area contributed by atoms with E-state index >= 15 is 0 Å². The van der Waals surface area contributed by atoms with E-state index in [1.807, 2.05) is 6.08 Å². The molecule has 0 saturated heterocycles. The van der Waals surface area contributed by atoms with Crippen LogP contribution < -0.4 is 0 Å². The van der Waals surface area contributed by atoms with Crippen molar-refractivity contribution in [2.45, 2.75) is 91.8 Å². The topological polar surface area (TPSA) is 72.8 Å². The Morgan fingerprint density at radius 1 is 1.24 bits per heavy atom. The second kappa shape index (κ2) is 9.46. The molecule has 0 aromatic heterocycles. The van der Waals surface area contributed by atoms with E-state index in [4.69, 9.17) is 9.47 Å². The number of hydrogen-bond acceptors (Lipinski definition) is 5. The number of ether oxygens (including phenoxy) is 2. The summed E-state index contributed by atoms with van der Waals surface area (Å²) >= 11 is 0. The van der Waals surface area contributed by atoms with Gasteiger partial charge in [0, 0.05) is 26.2 Å². The minimum Gasteiger partial charge on any atom is -0.459 e. The molecule has 5 nitrogen and oxygen atoms in total. The average molecular weight is 407 g/mol. The molecule has 0 heterocycles. The maximum Gasteiger partial charge on any atom is 0.303 e. The lowest BCUT2D eigenvalue weighted by Crippen LogP contribution is -2.47. The van der Waals surface area contributed by atoms with E-state index in [1.165, 1.54) is 13.8 Å². The highest BCUT2D eigenvalue weighted by Crippen LogP contribution is 2.58. The molecule has 0 unspecified atom stereocenters. The Kier molecular flexibility index (Phi) is 7.72. The van der Waals surface area contributed by atoms with Crippen molar-refractivity contribution in [2.24, 2.45) is 17.3 Å². The number of aliphatic hydroxyl groups excluding tert-OH is 1. The zero-order chi connectivity index (χ0) is 21.8. The summed E-state index contributed by atoms with van der Waals surface area (Å²) in [5, 5.41) is 9.89. The van der Waals surface area contributed by atoms with E-state index in [2.05, 4.69) is 33.8 Å². The highest BCUT2D eigenvalue weighted by molar-refractivity contribution is 5.67. The molecule has 0 aromatic carbocycles. The van der Waals surface area contributed by atoms with E-state index in [-0.39, 0.29) is 41.9 Å². The molecule has 29 heavy (non-hydrogen) atoms. The monoisotopic (exact) mass is 406 g/mol. The Morgan fingerprint density at radius 3 is 2.48 bits per heavy atom. The van der Waals surface area contributed by atoms with Crippen molar-refractivity contribution >= 4 is 11.9 Å². The molecule has 0 aliphatic heterocycles. The third-order valence-corrected chi connectivity index (χ3v) is 6.97. The third-order valence-electron chi connectivity index (χ3n) is 6.97. The molecule has 0 amide bonds. The van der Waals surface area contributed by atoms with Crippen LogP contribution in [0.3, 0.4) is 0 Å². The van der Waals surface area contributed by atoms with Crippen molar-refractivity contribution in [3.63, 3.8) is 0 Å². The Morgan fingerprint density at radius 2 is 1.93 bits per heavy atom. The molecule has 2 aliphatic carbocycles. The molecule has 1 saturated carbocycles. The molecule has 1 fully saturated rings. The first-order chi connectivity index (χ1) is 13.5. The Hall–Kier alpha value is -1.62. The number of carbonyl (C=O) groups is 2. The normalized spacial score (nSPS) is 36.8. The second-order valence-electron chi connectivity index (χ2n) is 9.54. The van der Waals surface area contributed by atoms with Gasteiger partial charge in [-0.3, -0.25) is 9.59 Å². The highest BCUT2D eigenvalue weighted by Gasteiger charge is 2.57. The van der Waals surface area contributed by atoms with Gasteiger partial charge in [0.2, 0.25) is 0 Å². The zero-order valence-corrected chi connectivity index (χ0v) is 18.9. The summed E-state index contributed by atoms with van der Waals surface area (Å²) in [6, 6.07) is 0. The summed E-state index contributed by atoms with van der Waals surface area (Å²) in [6.45, 7) is 11.5. The fraction of sp³-hybridized carbons (Fsp3) is 0.750. The largest absolute Gasteiger partial charge is 0.459 e. The average Bonchev–Trinajstić information content (AvgIpc) is 2.87. The van der Waals surface area contributed by atoms with E-state index in [1.54, 1.807) is 0 Å². The summed E-state index contributed by atoms with van der Waals surface area (Å²) in [5.41, 5.74) is 1.57. The van der Waals surface area contributed by atoms with Crippen LogP contribution in [0.15, 0.2) is 23.3 Å². The van der Waals surface area contributed by atoms with Crippen LogP contribution in [0.4, 0.5) is 0 Å².